The van der Waals surface area contributed by atoms with Crippen LogP contribution in [-0.2, 0) is 16.0 Å². The Kier molecular flexibility index (Phi) is 7.40. The molecule has 0 aliphatic carbocycles. The summed E-state index contributed by atoms with van der Waals surface area (Å²) in [4.78, 5) is 30.7. The van der Waals surface area contributed by atoms with E-state index >= 15 is 0 Å². The number of esters is 1. The zero-order valence-electron chi connectivity index (χ0n) is 21.0. The number of nitrogens with zero attached hydrogens (tertiary/aromatic N) is 1. The van der Waals surface area contributed by atoms with Crippen molar-refractivity contribution in [3.8, 4) is 0 Å². The molecule has 3 aromatic carbocycles. The third kappa shape index (κ3) is 5.61. The maximum Gasteiger partial charge on any atom is 0.319 e. The van der Waals surface area contributed by atoms with Crippen molar-refractivity contribution in [3.63, 3.8) is 0 Å². The molecular weight excluding hydrogens is 464 g/mol. The number of fused-ring (bicyclic) bond motifs is 1. The molecule has 0 radical (unpaired) electrons. The normalized spacial score (nSPS) is 14.2. The first-order valence-corrected chi connectivity index (χ1v) is 12.8. The number of urea groups is 1. The van der Waals surface area contributed by atoms with Gasteiger partial charge in [-0.3, -0.25) is 4.79 Å². The fourth-order valence-electron chi connectivity index (χ4n) is 5.07. The molecule has 2 heterocycles. The zero-order valence-corrected chi connectivity index (χ0v) is 21.0. The second-order valence-corrected chi connectivity index (χ2v) is 9.38. The first-order valence-electron chi connectivity index (χ1n) is 12.8. The predicted molar refractivity (Wildman–Crippen MR) is 147 cm³/mol. The molecule has 0 bridgehead atoms. The van der Waals surface area contributed by atoms with Gasteiger partial charge in [-0.05, 0) is 54.7 Å². The van der Waals surface area contributed by atoms with Crippen LogP contribution in [0.3, 0.4) is 0 Å². The van der Waals surface area contributed by atoms with Gasteiger partial charge in [0.2, 0.25) is 0 Å². The molecule has 7 heteroatoms. The molecule has 1 aromatic heterocycles. The van der Waals surface area contributed by atoms with E-state index in [-0.39, 0.29) is 24.5 Å². The predicted octanol–water partition coefficient (Wildman–Crippen LogP) is 5.78. The number of aromatic amines is 1. The summed E-state index contributed by atoms with van der Waals surface area (Å²) in [7, 11) is 1.38. The van der Waals surface area contributed by atoms with E-state index < -0.39 is 0 Å². The number of H-pyrrole nitrogens is 1. The van der Waals surface area contributed by atoms with Gasteiger partial charge in [0.1, 0.15) is 0 Å². The molecule has 1 saturated heterocycles. The molecule has 7 nitrogen and oxygen atoms in total. The Morgan fingerprint density at radius 3 is 2.51 bits per heavy atom. The number of aromatic nitrogens is 1. The minimum Gasteiger partial charge on any atom is -0.469 e. The Labute approximate surface area is 216 Å². The lowest BCUT2D eigenvalue weighted by Crippen LogP contribution is -2.35. The van der Waals surface area contributed by atoms with Crippen LogP contribution in [0.1, 0.15) is 42.0 Å². The van der Waals surface area contributed by atoms with Crippen LogP contribution in [-0.4, -0.2) is 37.2 Å². The summed E-state index contributed by atoms with van der Waals surface area (Å²) in [5.74, 6) is -0.310. The Balaban J connectivity index is 1.41. The number of methoxy groups -OCH3 is 1. The van der Waals surface area contributed by atoms with E-state index in [1.165, 1.54) is 26.4 Å². The second kappa shape index (κ2) is 11.2. The Morgan fingerprint density at radius 1 is 0.973 bits per heavy atom. The van der Waals surface area contributed by atoms with E-state index in [2.05, 4.69) is 38.7 Å². The van der Waals surface area contributed by atoms with Gasteiger partial charge < -0.3 is 25.3 Å². The van der Waals surface area contributed by atoms with Gasteiger partial charge in [0.15, 0.2) is 0 Å². The van der Waals surface area contributed by atoms with Gasteiger partial charge in [-0.2, -0.15) is 0 Å². The van der Waals surface area contributed by atoms with Crippen LogP contribution in [0.15, 0.2) is 79.0 Å². The molecule has 2 amide bonds. The average molecular weight is 497 g/mol. The summed E-state index contributed by atoms with van der Waals surface area (Å²) in [5, 5.41) is 7.08. The van der Waals surface area contributed by atoms with Crippen LogP contribution in [0.4, 0.5) is 16.2 Å². The molecule has 3 N–H and O–H groups in total. The quantitative estimate of drug-likeness (QED) is 0.283. The molecule has 1 fully saturated rings. The third-order valence-electron chi connectivity index (χ3n) is 6.94. The highest BCUT2D eigenvalue weighted by Crippen LogP contribution is 2.32. The van der Waals surface area contributed by atoms with Gasteiger partial charge in [-0.1, -0.05) is 48.5 Å². The number of para-hydroxylation sites is 1. The number of anilines is 2. The second-order valence-electron chi connectivity index (χ2n) is 9.38. The summed E-state index contributed by atoms with van der Waals surface area (Å²) in [6.45, 7) is 2.05. The highest BCUT2D eigenvalue weighted by molar-refractivity contribution is 5.95. The van der Waals surface area contributed by atoms with Gasteiger partial charge in [0.25, 0.3) is 0 Å². The smallest absolute Gasteiger partial charge is 0.319 e. The third-order valence-corrected chi connectivity index (χ3v) is 6.94. The van der Waals surface area contributed by atoms with E-state index in [4.69, 9.17) is 4.74 Å². The van der Waals surface area contributed by atoms with Crippen molar-refractivity contribution < 1.29 is 14.3 Å². The molecule has 37 heavy (non-hydrogen) atoms. The number of rotatable bonds is 7. The molecule has 1 atom stereocenters. The molecule has 1 aliphatic rings. The van der Waals surface area contributed by atoms with Crippen LogP contribution < -0.4 is 15.5 Å². The Morgan fingerprint density at radius 2 is 1.73 bits per heavy atom. The topological polar surface area (TPSA) is 86.5 Å². The lowest BCUT2D eigenvalue weighted by molar-refractivity contribution is -0.139. The van der Waals surface area contributed by atoms with Crippen molar-refractivity contribution in [2.24, 2.45) is 0 Å². The van der Waals surface area contributed by atoms with Crippen molar-refractivity contribution in [1.29, 1.82) is 0 Å². The summed E-state index contributed by atoms with van der Waals surface area (Å²) >= 11 is 0. The van der Waals surface area contributed by atoms with Crippen molar-refractivity contribution in [3.05, 3.63) is 95.7 Å². The minimum absolute atomic E-state index is 0.162. The maximum atomic E-state index is 13.3. The van der Waals surface area contributed by atoms with Crippen molar-refractivity contribution >= 4 is 34.3 Å². The van der Waals surface area contributed by atoms with E-state index in [1.807, 2.05) is 54.6 Å². The number of benzene rings is 3. The zero-order chi connectivity index (χ0) is 25.6. The molecule has 0 saturated carbocycles. The summed E-state index contributed by atoms with van der Waals surface area (Å²) in [6.07, 6.45) is 5.58. The fraction of sp³-hybridized carbons (Fsp3) is 0.267. The van der Waals surface area contributed by atoms with Gasteiger partial charge in [-0.25, -0.2) is 4.79 Å². The van der Waals surface area contributed by atoms with Crippen molar-refractivity contribution in [2.75, 3.05) is 30.4 Å². The maximum absolute atomic E-state index is 13.3. The number of hydrogen-bond acceptors (Lipinski definition) is 4. The average Bonchev–Trinajstić information content (AvgIpc) is 3.34. The van der Waals surface area contributed by atoms with E-state index in [9.17, 15) is 9.59 Å². The minimum atomic E-state index is -0.315. The lowest BCUT2D eigenvalue weighted by Gasteiger charge is -2.33. The van der Waals surface area contributed by atoms with Gasteiger partial charge in [0.05, 0.1) is 19.6 Å². The first-order chi connectivity index (χ1) is 18.1. The van der Waals surface area contributed by atoms with Gasteiger partial charge >= 0.3 is 12.0 Å². The SMILES string of the molecule is COC(=O)Cc1c[nH]c2ccc(NC(=O)NC(c3ccccc3)c3ccccc3N3CCCCC3)cc12. The highest BCUT2D eigenvalue weighted by Gasteiger charge is 2.23. The molecule has 0 spiro atoms. The largest absolute Gasteiger partial charge is 0.469 e. The molecule has 5 rings (SSSR count). The van der Waals surface area contributed by atoms with Crippen LogP contribution >= 0.6 is 0 Å². The lowest BCUT2D eigenvalue weighted by atomic mass is 9.96. The number of piperidine rings is 1. The molecular formula is C30H32N4O3. The monoisotopic (exact) mass is 496 g/mol. The highest BCUT2D eigenvalue weighted by atomic mass is 16.5. The number of ether oxygens (including phenoxy) is 1. The van der Waals surface area contributed by atoms with E-state index in [0.29, 0.717) is 5.69 Å². The number of carbonyl (C=O) groups excluding carboxylic acids is 2. The number of amides is 2. The Bertz CT molecular complexity index is 1380. The summed E-state index contributed by atoms with van der Waals surface area (Å²) in [5.41, 5.74) is 5.62. The van der Waals surface area contributed by atoms with Gasteiger partial charge in [0, 0.05) is 47.1 Å². The van der Waals surface area contributed by atoms with Crippen molar-refractivity contribution in [1.82, 2.24) is 10.3 Å². The standard InChI is InChI=1S/C30H32N4O3/c1-37-28(35)18-22-20-31-26-15-14-23(19-25(22)26)32-30(36)33-29(21-10-4-2-5-11-21)24-12-6-7-13-27(24)34-16-8-3-9-17-34/h2,4-7,10-15,19-20,29,31H,3,8-9,16-18H2,1H3,(H2,32,33,36). The fourth-order valence-corrected chi connectivity index (χ4v) is 5.07. The molecule has 190 valence electrons. The van der Waals surface area contributed by atoms with Crippen LogP contribution in [0.5, 0.6) is 0 Å². The van der Waals surface area contributed by atoms with E-state index in [0.717, 1.165) is 46.4 Å². The van der Waals surface area contributed by atoms with Crippen LogP contribution in [0, 0.1) is 0 Å². The van der Waals surface area contributed by atoms with Gasteiger partial charge in [-0.15, -0.1) is 0 Å². The molecule has 1 unspecified atom stereocenters. The first kappa shape index (κ1) is 24.4. The van der Waals surface area contributed by atoms with Crippen LogP contribution in [0.2, 0.25) is 0 Å². The number of carbonyl (C=O) groups is 2. The Hall–Kier alpha value is -4.26. The van der Waals surface area contributed by atoms with Crippen LogP contribution in [0.25, 0.3) is 10.9 Å². The molecule has 4 aromatic rings. The molecule has 1 aliphatic heterocycles. The summed E-state index contributed by atoms with van der Waals surface area (Å²) < 4.78 is 4.81. The number of hydrogen-bond donors (Lipinski definition) is 3. The van der Waals surface area contributed by atoms with E-state index in [1.54, 1.807) is 6.20 Å². The number of nitrogens with one attached hydrogen (secondary N) is 3. The van der Waals surface area contributed by atoms with Crippen molar-refractivity contribution in [2.45, 2.75) is 31.7 Å². The summed E-state index contributed by atoms with van der Waals surface area (Å²) in [6, 6.07) is 23.4.